The minimum Gasteiger partial charge on any atom is -0.478 e. The van der Waals surface area contributed by atoms with E-state index >= 15 is 0 Å². The summed E-state index contributed by atoms with van der Waals surface area (Å²) in [4.78, 5) is 10.3. The molecule has 9 heteroatoms. The van der Waals surface area contributed by atoms with Crippen LogP contribution in [0.5, 0.6) is 0 Å². The van der Waals surface area contributed by atoms with Crippen LogP contribution in [0.25, 0.3) is 0 Å². The Morgan fingerprint density at radius 1 is 1.41 bits per heavy atom. The van der Waals surface area contributed by atoms with Crippen molar-refractivity contribution in [3.8, 4) is 0 Å². The van der Waals surface area contributed by atoms with E-state index in [4.69, 9.17) is 32.9 Å². The fourth-order valence-electron chi connectivity index (χ4n) is 1.16. The Hall–Kier alpha value is -0.470. The molecule has 0 aliphatic rings. The molecular formula is C8H6Cl2O5S2. The summed E-state index contributed by atoms with van der Waals surface area (Å²) in [7, 11) is -4.55. The summed E-state index contributed by atoms with van der Waals surface area (Å²) in [6.07, 6.45) is 1.51. The third-order valence-electron chi connectivity index (χ3n) is 1.84. The largest absolute Gasteiger partial charge is 0.478 e. The molecular weight excluding hydrogens is 311 g/mol. The van der Waals surface area contributed by atoms with E-state index < -0.39 is 21.0 Å². The van der Waals surface area contributed by atoms with Gasteiger partial charge < -0.3 is 5.11 Å². The zero-order chi connectivity index (χ0) is 13.4. The molecule has 2 N–H and O–H groups in total. The molecule has 0 saturated heterocycles. The lowest BCUT2D eigenvalue weighted by Crippen LogP contribution is -2.06. The van der Waals surface area contributed by atoms with Crippen molar-refractivity contribution in [2.24, 2.45) is 0 Å². The van der Waals surface area contributed by atoms with E-state index in [-0.39, 0.29) is 20.5 Å². The minimum absolute atomic E-state index is 0.0145. The van der Waals surface area contributed by atoms with Gasteiger partial charge in [-0.05, 0) is 12.3 Å². The Morgan fingerprint density at radius 3 is 2.29 bits per heavy atom. The van der Waals surface area contributed by atoms with Gasteiger partial charge in [-0.15, -0.1) is 11.8 Å². The fourth-order valence-corrected chi connectivity index (χ4v) is 3.59. The van der Waals surface area contributed by atoms with Crippen LogP contribution in [0.2, 0.25) is 10.0 Å². The zero-order valence-electron chi connectivity index (χ0n) is 8.27. The highest BCUT2D eigenvalue weighted by Gasteiger charge is 2.25. The van der Waals surface area contributed by atoms with E-state index in [2.05, 4.69) is 0 Å². The van der Waals surface area contributed by atoms with Gasteiger partial charge in [0.2, 0.25) is 0 Å². The van der Waals surface area contributed by atoms with E-state index in [1.165, 1.54) is 6.26 Å². The number of halogens is 2. The van der Waals surface area contributed by atoms with Crippen LogP contribution in [0.4, 0.5) is 0 Å². The van der Waals surface area contributed by atoms with Crippen molar-refractivity contribution in [1.82, 2.24) is 0 Å². The third-order valence-corrected chi connectivity index (χ3v) is 4.44. The maximum Gasteiger partial charge on any atom is 0.338 e. The molecule has 0 atom stereocenters. The van der Waals surface area contributed by atoms with Crippen LogP contribution in [-0.2, 0) is 10.1 Å². The third kappa shape index (κ3) is 2.86. The predicted octanol–water partition coefficient (Wildman–Crippen LogP) is 2.66. The second-order valence-electron chi connectivity index (χ2n) is 2.86. The first-order chi connectivity index (χ1) is 7.70. The summed E-state index contributed by atoms with van der Waals surface area (Å²) < 4.78 is 30.9. The Morgan fingerprint density at radius 2 is 1.94 bits per heavy atom. The minimum atomic E-state index is -4.55. The molecule has 1 rings (SSSR count). The monoisotopic (exact) mass is 316 g/mol. The summed E-state index contributed by atoms with van der Waals surface area (Å²) in [6, 6.07) is 0.808. The standard InChI is InChI=1S/C8H6Cl2O5S2/c1-16-7-5(8(11)12)3(9)2-4(6(7)10)17(13,14)15/h2H,1H3,(H,11,12)(H,13,14,15). The molecule has 0 heterocycles. The lowest BCUT2D eigenvalue weighted by molar-refractivity contribution is 0.0693. The van der Waals surface area contributed by atoms with Crippen LogP contribution < -0.4 is 0 Å². The number of benzene rings is 1. The molecule has 0 unspecified atom stereocenters. The van der Waals surface area contributed by atoms with Crippen molar-refractivity contribution < 1.29 is 22.9 Å². The number of carboxylic acid groups (broad SMARTS) is 1. The van der Waals surface area contributed by atoms with Crippen LogP contribution in [0.1, 0.15) is 10.4 Å². The van der Waals surface area contributed by atoms with Gasteiger partial charge in [0.15, 0.2) is 0 Å². The SMILES string of the molecule is CSc1c(Cl)c(S(=O)(=O)O)cc(Cl)c1C(=O)O. The summed E-state index contributed by atoms with van der Waals surface area (Å²) in [6.45, 7) is 0. The highest BCUT2D eigenvalue weighted by molar-refractivity contribution is 7.98. The predicted molar refractivity (Wildman–Crippen MR) is 65.0 cm³/mol. The molecule has 0 amide bonds. The summed E-state index contributed by atoms with van der Waals surface area (Å²) in [5.74, 6) is -1.33. The van der Waals surface area contributed by atoms with Crippen LogP contribution in [-0.4, -0.2) is 30.3 Å². The van der Waals surface area contributed by atoms with Crippen molar-refractivity contribution >= 4 is 51.1 Å². The second-order valence-corrected chi connectivity index (χ2v) is 5.85. The molecule has 17 heavy (non-hydrogen) atoms. The molecule has 0 radical (unpaired) electrons. The first-order valence-corrected chi connectivity index (χ1v) is 7.39. The highest BCUT2D eigenvalue weighted by atomic mass is 35.5. The molecule has 1 aromatic rings. The quantitative estimate of drug-likeness (QED) is 0.658. The smallest absolute Gasteiger partial charge is 0.338 e. The van der Waals surface area contributed by atoms with Crippen molar-refractivity contribution in [2.45, 2.75) is 9.79 Å². The molecule has 5 nitrogen and oxygen atoms in total. The Balaban J connectivity index is 3.76. The number of carboxylic acids is 1. The van der Waals surface area contributed by atoms with E-state index in [0.717, 1.165) is 17.8 Å². The lowest BCUT2D eigenvalue weighted by Gasteiger charge is -2.10. The summed E-state index contributed by atoms with van der Waals surface area (Å²) >= 11 is 12.3. The molecule has 94 valence electrons. The molecule has 0 aliphatic carbocycles. The number of carbonyl (C=O) groups is 1. The topological polar surface area (TPSA) is 91.7 Å². The van der Waals surface area contributed by atoms with Gasteiger partial charge in [-0.3, -0.25) is 4.55 Å². The van der Waals surface area contributed by atoms with Crippen molar-refractivity contribution in [3.63, 3.8) is 0 Å². The molecule has 0 aliphatic heterocycles. The molecule has 1 aromatic carbocycles. The maximum absolute atomic E-state index is 11.0. The Labute approximate surface area is 111 Å². The van der Waals surface area contributed by atoms with Crippen LogP contribution in [0.3, 0.4) is 0 Å². The second kappa shape index (κ2) is 5.03. The molecule has 0 saturated carbocycles. The highest BCUT2D eigenvalue weighted by Crippen LogP contribution is 2.38. The molecule has 0 bridgehead atoms. The summed E-state index contributed by atoms with van der Waals surface area (Å²) in [5.41, 5.74) is -0.295. The number of hydrogen-bond acceptors (Lipinski definition) is 4. The fraction of sp³-hybridized carbons (Fsp3) is 0.125. The van der Waals surface area contributed by atoms with Gasteiger partial charge in [0.25, 0.3) is 10.1 Å². The van der Waals surface area contributed by atoms with E-state index in [9.17, 15) is 13.2 Å². The van der Waals surface area contributed by atoms with Crippen LogP contribution >= 0.6 is 35.0 Å². The first kappa shape index (κ1) is 14.6. The lowest BCUT2D eigenvalue weighted by atomic mass is 10.2. The zero-order valence-corrected chi connectivity index (χ0v) is 11.4. The van der Waals surface area contributed by atoms with Gasteiger partial charge in [0.05, 0.1) is 15.6 Å². The number of aromatic carboxylic acids is 1. The van der Waals surface area contributed by atoms with Crippen molar-refractivity contribution in [1.29, 1.82) is 0 Å². The van der Waals surface area contributed by atoms with Crippen molar-refractivity contribution in [3.05, 3.63) is 21.7 Å². The van der Waals surface area contributed by atoms with Crippen LogP contribution in [0, 0.1) is 0 Å². The van der Waals surface area contributed by atoms with Gasteiger partial charge in [-0.1, -0.05) is 23.2 Å². The van der Waals surface area contributed by atoms with Crippen molar-refractivity contribution in [2.75, 3.05) is 6.26 Å². The van der Waals surface area contributed by atoms with E-state index in [1.54, 1.807) is 0 Å². The number of rotatable bonds is 3. The molecule has 0 spiro atoms. The van der Waals surface area contributed by atoms with Crippen LogP contribution in [0.15, 0.2) is 15.9 Å². The number of hydrogen-bond donors (Lipinski definition) is 2. The maximum atomic E-state index is 11.0. The average Bonchev–Trinajstić information content (AvgIpc) is 2.17. The molecule has 0 aromatic heterocycles. The van der Waals surface area contributed by atoms with Gasteiger partial charge in [-0.2, -0.15) is 8.42 Å². The average molecular weight is 317 g/mol. The normalized spacial score (nSPS) is 11.5. The van der Waals surface area contributed by atoms with Gasteiger partial charge in [-0.25, -0.2) is 4.79 Å². The van der Waals surface area contributed by atoms with E-state index in [0.29, 0.717) is 0 Å². The first-order valence-electron chi connectivity index (χ1n) is 3.97. The van der Waals surface area contributed by atoms with E-state index in [1.807, 2.05) is 0 Å². The van der Waals surface area contributed by atoms with Gasteiger partial charge in [0.1, 0.15) is 4.90 Å². The molecule has 0 fully saturated rings. The summed E-state index contributed by atoms with van der Waals surface area (Å²) in [5, 5.41) is 8.26. The Bertz CT molecular complexity index is 582. The Kier molecular flexibility index (Phi) is 4.32. The van der Waals surface area contributed by atoms with Gasteiger partial charge in [0, 0.05) is 4.90 Å². The van der Waals surface area contributed by atoms with Gasteiger partial charge >= 0.3 is 5.97 Å². The number of thioether (sulfide) groups is 1.